The van der Waals surface area contributed by atoms with E-state index in [0.29, 0.717) is 0 Å². The number of carboxylic acids is 1. The summed E-state index contributed by atoms with van der Waals surface area (Å²) in [7, 11) is 0. The highest BCUT2D eigenvalue weighted by Gasteiger charge is 2.13. The summed E-state index contributed by atoms with van der Waals surface area (Å²) in [5, 5.41) is 11.5. The van der Waals surface area contributed by atoms with Crippen molar-refractivity contribution in [1.29, 1.82) is 0 Å². The topological polar surface area (TPSA) is 50.2 Å². The van der Waals surface area contributed by atoms with E-state index in [1.165, 1.54) is 0 Å². The van der Waals surface area contributed by atoms with Gasteiger partial charge in [-0.15, -0.1) is 0 Å². The molecule has 3 nitrogen and oxygen atoms in total. The Balaban J connectivity index is 2.22. The quantitative estimate of drug-likeness (QED) is 0.738. The molecular weight excluding hydrogens is 262 g/mol. The van der Waals surface area contributed by atoms with E-state index in [1.807, 2.05) is 42.5 Å². The second kappa shape index (κ2) is 5.59. The Morgan fingerprint density at radius 3 is 2.43 bits per heavy atom. The second-order valence-electron chi connectivity index (χ2n) is 4.67. The molecule has 21 heavy (non-hydrogen) atoms. The molecule has 0 aliphatic heterocycles. The Bertz CT molecular complexity index is 818. The molecule has 1 heterocycles. The van der Waals surface area contributed by atoms with Gasteiger partial charge in [0.05, 0.1) is 5.57 Å². The number of benzene rings is 2. The average Bonchev–Trinajstić information content (AvgIpc) is 2.53. The van der Waals surface area contributed by atoms with Crippen LogP contribution in [0.15, 0.2) is 67.0 Å². The van der Waals surface area contributed by atoms with E-state index in [0.717, 1.165) is 21.9 Å². The van der Waals surface area contributed by atoms with Crippen molar-refractivity contribution in [2.45, 2.75) is 0 Å². The molecule has 0 unspecified atom stereocenters. The van der Waals surface area contributed by atoms with Crippen molar-refractivity contribution < 1.29 is 9.90 Å². The molecule has 0 aliphatic carbocycles. The lowest BCUT2D eigenvalue weighted by Gasteiger charge is -2.07. The van der Waals surface area contributed by atoms with Crippen LogP contribution in [-0.4, -0.2) is 16.1 Å². The lowest BCUT2D eigenvalue weighted by Crippen LogP contribution is -2.00. The largest absolute Gasteiger partial charge is 0.478 e. The molecule has 2 aromatic carbocycles. The summed E-state index contributed by atoms with van der Waals surface area (Å²) in [6.07, 6.45) is 4.97. The molecule has 0 aliphatic rings. The van der Waals surface area contributed by atoms with E-state index in [1.54, 1.807) is 30.6 Å². The third kappa shape index (κ3) is 2.67. The Morgan fingerprint density at radius 1 is 0.952 bits per heavy atom. The average molecular weight is 275 g/mol. The molecular formula is C18H13NO2. The molecule has 0 bridgehead atoms. The molecule has 0 fully saturated rings. The highest BCUT2D eigenvalue weighted by molar-refractivity contribution is 6.23. The van der Waals surface area contributed by atoms with Crippen LogP contribution in [0.2, 0.25) is 0 Å². The van der Waals surface area contributed by atoms with Gasteiger partial charge in [0.25, 0.3) is 0 Å². The predicted molar refractivity (Wildman–Crippen MR) is 83.7 cm³/mol. The zero-order valence-corrected chi connectivity index (χ0v) is 11.2. The summed E-state index contributed by atoms with van der Waals surface area (Å²) >= 11 is 0. The van der Waals surface area contributed by atoms with Gasteiger partial charge in [0.2, 0.25) is 0 Å². The fourth-order valence-electron chi connectivity index (χ4n) is 2.34. The van der Waals surface area contributed by atoms with Crippen LogP contribution in [0.5, 0.6) is 0 Å². The van der Waals surface area contributed by atoms with Crippen LogP contribution in [0.3, 0.4) is 0 Å². The number of hydrogen-bond donors (Lipinski definition) is 1. The molecule has 0 radical (unpaired) electrons. The first kappa shape index (κ1) is 13.1. The molecule has 0 saturated heterocycles. The van der Waals surface area contributed by atoms with Crippen molar-refractivity contribution in [3.05, 3.63) is 78.1 Å². The smallest absolute Gasteiger partial charge is 0.336 e. The van der Waals surface area contributed by atoms with Crippen molar-refractivity contribution in [2.24, 2.45) is 0 Å². The zero-order chi connectivity index (χ0) is 14.7. The van der Waals surface area contributed by atoms with Gasteiger partial charge < -0.3 is 5.11 Å². The van der Waals surface area contributed by atoms with Crippen LogP contribution in [0.25, 0.3) is 22.4 Å². The summed E-state index contributed by atoms with van der Waals surface area (Å²) in [5.74, 6) is -0.942. The summed E-state index contributed by atoms with van der Waals surface area (Å²) in [6.45, 7) is 0. The fourth-order valence-corrected chi connectivity index (χ4v) is 2.34. The van der Waals surface area contributed by atoms with E-state index < -0.39 is 5.97 Å². The number of rotatable bonds is 3. The molecule has 3 rings (SSSR count). The summed E-state index contributed by atoms with van der Waals surface area (Å²) in [5.41, 5.74) is 1.81. The maximum absolute atomic E-state index is 11.7. The van der Waals surface area contributed by atoms with E-state index in [4.69, 9.17) is 0 Å². The van der Waals surface area contributed by atoms with Gasteiger partial charge >= 0.3 is 5.97 Å². The minimum atomic E-state index is -0.942. The number of aliphatic carboxylic acids is 1. The number of carboxylic acid groups (broad SMARTS) is 1. The minimum Gasteiger partial charge on any atom is -0.478 e. The van der Waals surface area contributed by atoms with Gasteiger partial charge in [-0.3, -0.25) is 4.98 Å². The highest BCUT2D eigenvalue weighted by Crippen LogP contribution is 2.26. The van der Waals surface area contributed by atoms with Crippen molar-refractivity contribution in [3.63, 3.8) is 0 Å². The normalized spacial score (nSPS) is 11.5. The Hall–Kier alpha value is -2.94. The first-order chi connectivity index (χ1) is 10.3. The molecule has 102 valence electrons. The Kier molecular flexibility index (Phi) is 3.48. The van der Waals surface area contributed by atoms with Gasteiger partial charge in [0.15, 0.2) is 0 Å². The molecule has 0 amide bonds. The van der Waals surface area contributed by atoms with Gasteiger partial charge in [-0.2, -0.15) is 0 Å². The van der Waals surface area contributed by atoms with Crippen LogP contribution in [0.1, 0.15) is 11.1 Å². The summed E-state index contributed by atoms with van der Waals surface area (Å²) in [6, 6.07) is 17.0. The van der Waals surface area contributed by atoms with Crippen LogP contribution in [0, 0.1) is 0 Å². The van der Waals surface area contributed by atoms with Crippen molar-refractivity contribution in [1.82, 2.24) is 4.98 Å². The van der Waals surface area contributed by atoms with Gasteiger partial charge in [-0.25, -0.2) is 4.79 Å². The molecule has 1 N–H and O–H groups in total. The van der Waals surface area contributed by atoms with E-state index in [9.17, 15) is 9.90 Å². The van der Waals surface area contributed by atoms with Gasteiger partial charge in [0.1, 0.15) is 0 Å². The Labute approximate surface area is 122 Å². The van der Waals surface area contributed by atoms with Gasteiger partial charge in [-0.05, 0) is 40.1 Å². The van der Waals surface area contributed by atoms with E-state index in [-0.39, 0.29) is 5.57 Å². The molecule has 1 aromatic heterocycles. The first-order valence-corrected chi connectivity index (χ1v) is 6.59. The standard InChI is InChI=1S/C18H13NO2/c20-18(21)17(12-13-8-10-19-11-9-13)16-7-3-5-14-4-1-2-6-15(14)16/h1-12H,(H,20,21)/b17-12+. The van der Waals surface area contributed by atoms with Crippen molar-refractivity contribution in [2.75, 3.05) is 0 Å². The number of nitrogens with zero attached hydrogens (tertiary/aromatic N) is 1. The first-order valence-electron chi connectivity index (χ1n) is 6.59. The Morgan fingerprint density at radius 2 is 1.67 bits per heavy atom. The third-order valence-electron chi connectivity index (χ3n) is 3.33. The van der Waals surface area contributed by atoms with Crippen LogP contribution in [0.4, 0.5) is 0 Å². The molecule has 0 atom stereocenters. The van der Waals surface area contributed by atoms with Crippen molar-refractivity contribution >= 4 is 28.4 Å². The van der Waals surface area contributed by atoms with E-state index >= 15 is 0 Å². The SMILES string of the molecule is O=C(O)/C(=C/c1ccncc1)c1cccc2ccccc12. The van der Waals surface area contributed by atoms with Crippen LogP contribution >= 0.6 is 0 Å². The zero-order valence-electron chi connectivity index (χ0n) is 11.2. The summed E-state index contributed by atoms with van der Waals surface area (Å²) < 4.78 is 0. The van der Waals surface area contributed by atoms with Crippen molar-refractivity contribution in [3.8, 4) is 0 Å². The molecule has 3 heteroatoms. The number of aromatic nitrogens is 1. The molecule has 0 spiro atoms. The van der Waals surface area contributed by atoms with Crippen LogP contribution < -0.4 is 0 Å². The maximum Gasteiger partial charge on any atom is 0.336 e. The number of carbonyl (C=O) groups is 1. The molecule has 0 saturated carbocycles. The number of pyridine rings is 1. The maximum atomic E-state index is 11.7. The number of hydrogen-bond acceptors (Lipinski definition) is 2. The van der Waals surface area contributed by atoms with Crippen LogP contribution in [-0.2, 0) is 4.79 Å². The monoisotopic (exact) mass is 275 g/mol. The summed E-state index contributed by atoms with van der Waals surface area (Å²) in [4.78, 5) is 15.6. The minimum absolute atomic E-state index is 0.276. The van der Waals surface area contributed by atoms with Gasteiger partial charge in [-0.1, -0.05) is 42.5 Å². The van der Waals surface area contributed by atoms with E-state index in [2.05, 4.69) is 4.98 Å². The lowest BCUT2D eigenvalue weighted by atomic mass is 9.97. The number of fused-ring (bicyclic) bond motifs is 1. The second-order valence-corrected chi connectivity index (χ2v) is 4.67. The third-order valence-corrected chi connectivity index (χ3v) is 3.33. The van der Waals surface area contributed by atoms with Gasteiger partial charge in [0, 0.05) is 12.4 Å². The highest BCUT2D eigenvalue weighted by atomic mass is 16.4. The lowest BCUT2D eigenvalue weighted by molar-refractivity contribution is -0.130. The fraction of sp³-hybridized carbons (Fsp3) is 0. The molecule has 3 aromatic rings. The predicted octanol–water partition coefficient (Wildman–Crippen LogP) is 3.86.